The molecule has 2 N–H and O–H groups in total. The Morgan fingerprint density at radius 2 is 1.97 bits per heavy atom. The molecule has 29 heavy (non-hydrogen) atoms. The van der Waals surface area contributed by atoms with Gasteiger partial charge in [-0.25, -0.2) is 4.98 Å². The molecule has 1 saturated carbocycles. The minimum atomic E-state index is -4.41. The van der Waals surface area contributed by atoms with Crippen molar-refractivity contribution in [2.24, 2.45) is 10.4 Å². The second-order valence-electron chi connectivity index (χ2n) is 7.18. The number of halogens is 4. The van der Waals surface area contributed by atoms with E-state index in [4.69, 9.17) is 0 Å². The summed E-state index contributed by atoms with van der Waals surface area (Å²) in [5.74, 6) is 0.667. The van der Waals surface area contributed by atoms with Gasteiger partial charge in [0.05, 0.1) is 17.0 Å². The SMILES string of the molecule is CCNC(=NCC1(C(=O)N(C)C)CCCC1)NCCc1nc(C(F)(F)F)cs1.I. The van der Waals surface area contributed by atoms with Gasteiger partial charge in [0.1, 0.15) is 0 Å². The second kappa shape index (κ2) is 11.3. The molecular weight excluding hydrogens is 518 g/mol. The molecule has 0 spiro atoms. The van der Waals surface area contributed by atoms with Crippen LogP contribution >= 0.6 is 35.3 Å². The molecule has 6 nitrogen and oxygen atoms in total. The van der Waals surface area contributed by atoms with E-state index in [2.05, 4.69) is 20.6 Å². The van der Waals surface area contributed by atoms with Gasteiger partial charge in [-0.15, -0.1) is 35.3 Å². The Morgan fingerprint density at radius 1 is 1.31 bits per heavy atom. The fourth-order valence-corrected chi connectivity index (χ4v) is 4.19. The largest absolute Gasteiger partial charge is 0.434 e. The van der Waals surface area contributed by atoms with Crippen LogP contribution in [0.2, 0.25) is 0 Å². The molecule has 0 atom stereocenters. The Balaban J connectivity index is 0.00000420. The Bertz CT molecular complexity index is 687. The van der Waals surface area contributed by atoms with Crippen LogP contribution < -0.4 is 10.6 Å². The number of amides is 1. The maximum atomic E-state index is 12.6. The first kappa shape index (κ1) is 25.9. The van der Waals surface area contributed by atoms with Crippen LogP contribution in [-0.2, 0) is 17.4 Å². The highest BCUT2D eigenvalue weighted by Crippen LogP contribution is 2.39. The van der Waals surface area contributed by atoms with Crippen molar-refractivity contribution in [1.82, 2.24) is 20.5 Å². The van der Waals surface area contributed by atoms with E-state index in [-0.39, 0.29) is 29.9 Å². The molecule has 1 amide bonds. The summed E-state index contributed by atoms with van der Waals surface area (Å²) in [5.41, 5.74) is -1.30. The first-order chi connectivity index (χ1) is 13.2. The van der Waals surface area contributed by atoms with Crippen molar-refractivity contribution >= 4 is 47.2 Å². The molecule has 0 bridgehead atoms. The normalized spacial score (nSPS) is 16.3. The number of carbonyl (C=O) groups excluding carboxylic acids is 1. The fraction of sp³-hybridized carbons (Fsp3) is 0.722. The average Bonchev–Trinajstić information content (AvgIpc) is 3.29. The molecule has 0 unspecified atom stereocenters. The Hall–Kier alpha value is -1.11. The monoisotopic (exact) mass is 547 g/mol. The predicted octanol–water partition coefficient (Wildman–Crippen LogP) is 3.53. The molecule has 1 fully saturated rings. The summed E-state index contributed by atoms with van der Waals surface area (Å²) in [5, 5.41) is 7.71. The lowest BCUT2D eigenvalue weighted by Crippen LogP contribution is -2.43. The molecule has 0 saturated heterocycles. The fourth-order valence-electron chi connectivity index (χ4n) is 3.38. The standard InChI is InChI=1S/C18H28F3N5OS.HI/c1-4-22-16(23-10-7-14-25-13(11-28-14)18(19,20)21)24-12-17(8-5-6-9-17)15(27)26(2)3;/h11H,4-10,12H2,1-3H3,(H2,22,23,24);1H. The van der Waals surface area contributed by atoms with Gasteiger partial charge in [-0.05, 0) is 19.8 Å². The molecule has 0 radical (unpaired) electrons. The Labute approximate surface area is 190 Å². The Morgan fingerprint density at radius 3 is 2.48 bits per heavy atom. The van der Waals surface area contributed by atoms with Gasteiger partial charge in [-0.2, -0.15) is 13.2 Å². The van der Waals surface area contributed by atoms with E-state index < -0.39 is 17.3 Å². The van der Waals surface area contributed by atoms with Crippen LogP contribution in [0, 0.1) is 5.41 Å². The first-order valence-electron chi connectivity index (χ1n) is 9.43. The third-order valence-corrected chi connectivity index (χ3v) is 5.69. The van der Waals surface area contributed by atoms with Gasteiger partial charge in [0.25, 0.3) is 0 Å². The van der Waals surface area contributed by atoms with Crippen molar-refractivity contribution in [3.63, 3.8) is 0 Å². The molecule has 166 valence electrons. The molecule has 11 heteroatoms. The van der Waals surface area contributed by atoms with E-state index in [1.165, 1.54) is 0 Å². The maximum Gasteiger partial charge on any atom is 0.434 e. The van der Waals surface area contributed by atoms with E-state index in [1.807, 2.05) is 6.92 Å². The Kier molecular flexibility index (Phi) is 10.1. The van der Waals surface area contributed by atoms with Crippen molar-refractivity contribution in [3.8, 4) is 0 Å². The average molecular weight is 547 g/mol. The maximum absolute atomic E-state index is 12.6. The summed E-state index contributed by atoms with van der Waals surface area (Å²) in [6.45, 7) is 3.39. The van der Waals surface area contributed by atoms with Gasteiger partial charge in [0.2, 0.25) is 5.91 Å². The number of aliphatic imine (C=N–C) groups is 1. The van der Waals surface area contributed by atoms with Crippen LogP contribution in [0.1, 0.15) is 43.3 Å². The van der Waals surface area contributed by atoms with E-state index in [0.29, 0.717) is 37.0 Å². The minimum Gasteiger partial charge on any atom is -0.357 e. The highest BCUT2D eigenvalue weighted by atomic mass is 127. The van der Waals surface area contributed by atoms with Crippen molar-refractivity contribution in [1.29, 1.82) is 0 Å². The minimum absolute atomic E-state index is 0. The molecule has 1 heterocycles. The zero-order chi connectivity index (χ0) is 20.8. The summed E-state index contributed by atoms with van der Waals surface area (Å²) in [6.07, 6.45) is -0.353. The number of rotatable bonds is 7. The van der Waals surface area contributed by atoms with Crippen molar-refractivity contribution in [3.05, 3.63) is 16.1 Å². The zero-order valence-electron chi connectivity index (χ0n) is 16.9. The molecular formula is C18H29F3IN5OS. The van der Waals surface area contributed by atoms with E-state index >= 15 is 0 Å². The van der Waals surface area contributed by atoms with Gasteiger partial charge in [-0.3, -0.25) is 9.79 Å². The molecule has 1 aliphatic carbocycles. The van der Waals surface area contributed by atoms with Gasteiger partial charge in [-0.1, -0.05) is 12.8 Å². The van der Waals surface area contributed by atoms with Gasteiger partial charge in [0.15, 0.2) is 11.7 Å². The number of nitrogens with zero attached hydrogens (tertiary/aromatic N) is 3. The molecule has 1 aromatic heterocycles. The number of alkyl halides is 3. The molecule has 1 aliphatic rings. The molecule has 0 aromatic carbocycles. The number of hydrogen-bond donors (Lipinski definition) is 2. The molecule has 2 rings (SSSR count). The number of carbonyl (C=O) groups is 1. The van der Waals surface area contributed by atoms with Crippen molar-refractivity contribution in [2.75, 3.05) is 33.7 Å². The van der Waals surface area contributed by atoms with Crippen LogP contribution in [0.4, 0.5) is 13.2 Å². The lowest BCUT2D eigenvalue weighted by Gasteiger charge is -2.29. The van der Waals surface area contributed by atoms with Gasteiger partial charge >= 0.3 is 6.18 Å². The lowest BCUT2D eigenvalue weighted by atomic mass is 9.85. The quantitative estimate of drug-likeness (QED) is 0.312. The molecule has 0 aliphatic heterocycles. The highest BCUT2D eigenvalue weighted by molar-refractivity contribution is 14.0. The smallest absolute Gasteiger partial charge is 0.357 e. The summed E-state index contributed by atoms with van der Waals surface area (Å²) in [6, 6.07) is 0. The van der Waals surface area contributed by atoms with Gasteiger partial charge in [0, 0.05) is 39.0 Å². The zero-order valence-corrected chi connectivity index (χ0v) is 20.1. The van der Waals surface area contributed by atoms with Crippen LogP contribution in [0.5, 0.6) is 0 Å². The summed E-state index contributed by atoms with van der Waals surface area (Å²) in [7, 11) is 3.53. The van der Waals surface area contributed by atoms with Crippen LogP contribution in [-0.4, -0.2) is 55.5 Å². The van der Waals surface area contributed by atoms with Crippen molar-refractivity contribution < 1.29 is 18.0 Å². The van der Waals surface area contributed by atoms with E-state index in [1.54, 1.807) is 19.0 Å². The number of aromatic nitrogens is 1. The van der Waals surface area contributed by atoms with Gasteiger partial charge < -0.3 is 15.5 Å². The van der Waals surface area contributed by atoms with Crippen LogP contribution in [0.25, 0.3) is 0 Å². The highest BCUT2D eigenvalue weighted by Gasteiger charge is 2.42. The number of guanidine groups is 1. The summed E-state index contributed by atoms with van der Waals surface area (Å²) < 4.78 is 37.9. The van der Waals surface area contributed by atoms with Crippen molar-refractivity contribution in [2.45, 2.75) is 45.2 Å². The first-order valence-corrected chi connectivity index (χ1v) is 10.3. The predicted molar refractivity (Wildman–Crippen MR) is 120 cm³/mol. The number of nitrogens with one attached hydrogen (secondary N) is 2. The number of hydrogen-bond acceptors (Lipinski definition) is 4. The van der Waals surface area contributed by atoms with Crippen LogP contribution in [0.3, 0.4) is 0 Å². The van der Waals surface area contributed by atoms with E-state index in [0.717, 1.165) is 42.4 Å². The molecule has 1 aromatic rings. The lowest BCUT2D eigenvalue weighted by molar-refractivity contribution is -0.141. The number of thiazole rings is 1. The second-order valence-corrected chi connectivity index (χ2v) is 8.13. The van der Waals surface area contributed by atoms with E-state index in [9.17, 15) is 18.0 Å². The third kappa shape index (κ3) is 7.26. The summed E-state index contributed by atoms with van der Waals surface area (Å²) >= 11 is 1.00. The third-order valence-electron chi connectivity index (χ3n) is 4.78. The topological polar surface area (TPSA) is 69.6 Å². The summed E-state index contributed by atoms with van der Waals surface area (Å²) in [4.78, 5) is 22.5. The van der Waals surface area contributed by atoms with Crippen LogP contribution in [0.15, 0.2) is 10.4 Å².